The summed E-state index contributed by atoms with van der Waals surface area (Å²) < 4.78 is 1.03. The van der Waals surface area contributed by atoms with Gasteiger partial charge in [-0.25, -0.2) is 0 Å². The van der Waals surface area contributed by atoms with Crippen LogP contribution >= 0.6 is 11.3 Å². The molecule has 20 heavy (non-hydrogen) atoms. The molecule has 1 fully saturated rings. The number of hydrogen-bond donors (Lipinski definition) is 2. The highest BCUT2D eigenvalue weighted by Gasteiger charge is 2.46. The molecule has 1 unspecified atom stereocenters. The van der Waals surface area contributed by atoms with E-state index in [1.54, 1.807) is 0 Å². The van der Waals surface area contributed by atoms with Crippen molar-refractivity contribution in [3.63, 3.8) is 0 Å². The van der Waals surface area contributed by atoms with Gasteiger partial charge in [-0.2, -0.15) is 0 Å². The number of aryl methyl sites for hydroxylation is 2. The minimum absolute atomic E-state index is 0.0590. The maximum absolute atomic E-state index is 12.4. The van der Waals surface area contributed by atoms with Gasteiger partial charge in [-0.05, 0) is 31.7 Å². The molecule has 0 aliphatic heterocycles. The average molecular weight is 289 g/mol. The molecule has 0 saturated heterocycles. The van der Waals surface area contributed by atoms with Gasteiger partial charge in [0.2, 0.25) is 0 Å². The van der Waals surface area contributed by atoms with Crippen molar-refractivity contribution in [1.82, 2.24) is 10.3 Å². The van der Waals surface area contributed by atoms with E-state index in [1.807, 2.05) is 19.9 Å². The molecular weight excluding hydrogens is 270 g/mol. The Morgan fingerprint density at radius 3 is 2.75 bits per heavy atom. The van der Waals surface area contributed by atoms with Crippen molar-refractivity contribution in [2.45, 2.75) is 40.2 Å². The maximum Gasteiger partial charge on any atom is 0.263 e. The SMILES string of the molecule is Cc1cc2sc(C(=O)NC3CC3(C)C)c(N)c2c(C)n1. The summed E-state index contributed by atoms with van der Waals surface area (Å²) in [7, 11) is 0. The summed E-state index contributed by atoms with van der Waals surface area (Å²) >= 11 is 1.45. The van der Waals surface area contributed by atoms with Crippen LogP contribution in [0.25, 0.3) is 10.1 Å². The van der Waals surface area contributed by atoms with Crippen molar-refractivity contribution in [3.8, 4) is 0 Å². The first kappa shape index (κ1) is 13.4. The van der Waals surface area contributed by atoms with Crippen LogP contribution in [0, 0.1) is 19.3 Å². The summed E-state index contributed by atoms with van der Waals surface area (Å²) in [5, 5.41) is 3.98. The van der Waals surface area contributed by atoms with E-state index in [9.17, 15) is 4.79 Å². The molecule has 0 bridgehead atoms. The van der Waals surface area contributed by atoms with E-state index in [0.29, 0.717) is 10.6 Å². The van der Waals surface area contributed by atoms with Gasteiger partial charge in [0.15, 0.2) is 0 Å². The Morgan fingerprint density at radius 1 is 1.50 bits per heavy atom. The first-order valence-electron chi connectivity index (χ1n) is 6.76. The summed E-state index contributed by atoms with van der Waals surface area (Å²) in [6.07, 6.45) is 1.03. The van der Waals surface area contributed by atoms with Crippen molar-refractivity contribution < 1.29 is 4.79 Å². The van der Waals surface area contributed by atoms with E-state index >= 15 is 0 Å². The van der Waals surface area contributed by atoms with Gasteiger partial charge < -0.3 is 11.1 Å². The van der Waals surface area contributed by atoms with E-state index in [0.717, 1.165) is 27.9 Å². The topological polar surface area (TPSA) is 68.0 Å². The van der Waals surface area contributed by atoms with Crippen LogP contribution in [0.2, 0.25) is 0 Å². The van der Waals surface area contributed by atoms with Crippen molar-refractivity contribution in [1.29, 1.82) is 0 Å². The lowest BCUT2D eigenvalue weighted by Gasteiger charge is -2.06. The van der Waals surface area contributed by atoms with Gasteiger partial charge in [-0.3, -0.25) is 9.78 Å². The van der Waals surface area contributed by atoms with Gasteiger partial charge in [0, 0.05) is 27.5 Å². The Labute approximate surface area is 122 Å². The lowest BCUT2D eigenvalue weighted by Crippen LogP contribution is -2.28. The number of amides is 1. The van der Waals surface area contributed by atoms with Crippen molar-refractivity contribution in [2.24, 2.45) is 5.41 Å². The number of nitrogens with one attached hydrogen (secondary N) is 1. The number of nitrogens with two attached hydrogens (primary N) is 1. The van der Waals surface area contributed by atoms with E-state index in [4.69, 9.17) is 5.73 Å². The quantitative estimate of drug-likeness (QED) is 0.893. The van der Waals surface area contributed by atoms with E-state index in [1.165, 1.54) is 11.3 Å². The lowest BCUT2D eigenvalue weighted by atomic mass is 10.1. The summed E-state index contributed by atoms with van der Waals surface area (Å²) in [5.74, 6) is -0.0590. The van der Waals surface area contributed by atoms with Crippen LogP contribution in [0.4, 0.5) is 5.69 Å². The van der Waals surface area contributed by atoms with Gasteiger partial charge in [0.25, 0.3) is 5.91 Å². The predicted molar refractivity (Wildman–Crippen MR) is 83.2 cm³/mol. The minimum Gasteiger partial charge on any atom is -0.397 e. The monoisotopic (exact) mass is 289 g/mol. The van der Waals surface area contributed by atoms with Crippen LogP contribution in [-0.4, -0.2) is 16.9 Å². The molecule has 0 radical (unpaired) electrons. The van der Waals surface area contributed by atoms with Gasteiger partial charge in [-0.15, -0.1) is 11.3 Å². The average Bonchev–Trinajstić information content (AvgIpc) is 2.77. The standard InChI is InChI=1S/C15H19N3OS/c1-7-5-9-11(8(2)17-7)12(16)13(20-9)14(19)18-10-6-15(10,3)4/h5,10H,6,16H2,1-4H3,(H,18,19). The predicted octanol–water partition coefficient (Wildman–Crippen LogP) is 3.02. The number of carbonyl (C=O) groups excluding carboxylic acids is 1. The summed E-state index contributed by atoms with van der Waals surface area (Å²) in [4.78, 5) is 17.4. The molecule has 106 valence electrons. The number of anilines is 1. The van der Waals surface area contributed by atoms with E-state index in [2.05, 4.69) is 24.1 Å². The zero-order chi connectivity index (χ0) is 14.7. The van der Waals surface area contributed by atoms with Crippen LogP contribution in [0.1, 0.15) is 41.3 Å². The normalized spacial score (nSPS) is 20.1. The van der Waals surface area contributed by atoms with Crippen molar-refractivity contribution in [2.75, 3.05) is 5.73 Å². The number of pyridine rings is 1. The van der Waals surface area contributed by atoms with Gasteiger partial charge in [0.1, 0.15) is 4.88 Å². The van der Waals surface area contributed by atoms with Crippen LogP contribution in [0.15, 0.2) is 6.07 Å². The highest BCUT2D eigenvalue weighted by molar-refractivity contribution is 7.21. The Bertz CT molecular complexity index is 717. The van der Waals surface area contributed by atoms with E-state index in [-0.39, 0.29) is 17.4 Å². The third-order valence-corrected chi connectivity index (χ3v) is 5.19. The Hall–Kier alpha value is -1.62. The molecule has 0 aromatic carbocycles. The molecule has 2 aromatic heterocycles. The molecule has 0 spiro atoms. The molecule has 2 aromatic rings. The Kier molecular flexibility index (Phi) is 2.80. The highest BCUT2D eigenvalue weighted by Crippen LogP contribution is 2.45. The zero-order valence-electron chi connectivity index (χ0n) is 12.2. The lowest BCUT2D eigenvalue weighted by molar-refractivity contribution is 0.0951. The molecule has 1 atom stereocenters. The molecule has 3 rings (SSSR count). The smallest absolute Gasteiger partial charge is 0.263 e. The zero-order valence-corrected chi connectivity index (χ0v) is 13.0. The second-order valence-corrected chi connectivity index (χ2v) is 7.34. The molecule has 5 heteroatoms. The number of nitrogen functional groups attached to an aromatic ring is 1. The summed E-state index contributed by atoms with van der Waals surface area (Å²) in [6, 6.07) is 2.25. The fourth-order valence-corrected chi connectivity index (χ4v) is 3.76. The van der Waals surface area contributed by atoms with Crippen LogP contribution < -0.4 is 11.1 Å². The van der Waals surface area contributed by atoms with E-state index < -0.39 is 0 Å². The van der Waals surface area contributed by atoms with Crippen molar-refractivity contribution in [3.05, 3.63) is 22.3 Å². The first-order valence-corrected chi connectivity index (χ1v) is 7.58. The molecule has 1 aliphatic rings. The highest BCUT2D eigenvalue weighted by atomic mass is 32.1. The number of aromatic nitrogens is 1. The largest absolute Gasteiger partial charge is 0.397 e. The number of nitrogens with zero attached hydrogens (tertiary/aromatic N) is 1. The number of rotatable bonds is 2. The van der Waals surface area contributed by atoms with Crippen LogP contribution in [-0.2, 0) is 0 Å². The Balaban J connectivity index is 1.98. The second-order valence-electron chi connectivity index (χ2n) is 6.29. The molecule has 1 aliphatic carbocycles. The first-order chi connectivity index (χ1) is 9.29. The fourth-order valence-electron chi connectivity index (χ4n) is 2.59. The molecule has 3 N–H and O–H groups in total. The van der Waals surface area contributed by atoms with Crippen LogP contribution in [0.5, 0.6) is 0 Å². The molecule has 1 saturated carbocycles. The molecule has 2 heterocycles. The van der Waals surface area contributed by atoms with Crippen molar-refractivity contribution >= 4 is 33.0 Å². The number of hydrogen-bond acceptors (Lipinski definition) is 4. The molecular formula is C15H19N3OS. The fraction of sp³-hybridized carbons (Fsp3) is 0.467. The van der Waals surface area contributed by atoms with Crippen LogP contribution in [0.3, 0.4) is 0 Å². The number of thiophene rings is 1. The Morgan fingerprint density at radius 2 is 2.15 bits per heavy atom. The van der Waals surface area contributed by atoms with Gasteiger partial charge in [0.05, 0.1) is 5.69 Å². The number of carbonyl (C=O) groups is 1. The van der Waals surface area contributed by atoms with Gasteiger partial charge >= 0.3 is 0 Å². The second kappa shape index (κ2) is 4.19. The maximum atomic E-state index is 12.4. The minimum atomic E-state index is -0.0590. The third kappa shape index (κ3) is 2.06. The molecule has 1 amide bonds. The summed E-state index contributed by atoms with van der Waals surface area (Å²) in [6.45, 7) is 8.20. The third-order valence-electron chi connectivity index (χ3n) is 4.04. The summed E-state index contributed by atoms with van der Waals surface area (Å²) in [5.41, 5.74) is 8.78. The van der Waals surface area contributed by atoms with Gasteiger partial charge in [-0.1, -0.05) is 13.8 Å². The number of fused-ring (bicyclic) bond motifs is 1. The molecule has 4 nitrogen and oxygen atoms in total.